The van der Waals surface area contributed by atoms with Crippen molar-refractivity contribution in [3.05, 3.63) is 29.3 Å². The molecular formula is C14H21NS. The monoisotopic (exact) mass is 235 g/mol. The summed E-state index contributed by atoms with van der Waals surface area (Å²) in [4.78, 5) is 1.33. The molecule has 0 amide bonds. The molecule has 2 heteroatoms. The maximum Gasteiger partial charge on any atom is 0.0412 e. The molecule has 1 aromatic carbocycles. The van der Waals surface area contributed by atoms with Gasteiger partial charge >= 0.3 is 0 Å². The van der Waals surface area contributed by atoms with Gasteiger partial charge in [-0.25, -0.2) is 0 Å². The summed E-state index contributed by atoms with van der Waals surface area (Å²) < 4.78 is 0. The first kappa shape index (κ1) is 12.0. The molecule has 1 aliphatic rings. The molecule has 1 aromatic rings. The van der Waals surface area contributed by atoms with E-state index in [9.17, 15) is 0 Å². The van der Waals surface area contributed by atoms with E-state index in [-0.39, 0.29) is 5.54 Å². The van der Waals surface area contributed by atoms with Crippen LogP contribution in [0.3, 0.4) is 0 Å². The maximum atomic E-state index is 6.57. The lowest BCUT2D eigenvalue weighted by atomic mass is 9.76. The Balaban J connectivity index is 2.32. The lowest BCUT2D eigenvalue weighted by Gasteiger charge is -2.35. The zero-order valence-corrected chi connectivity index (χ0v) is 11.1. The largest absolute Gasteiger partial charge is 0.321 e. The zero-order valence-electron chi connectivity index (χ0n) is 10.3. The molecule has 1 nitrogen and oxygen atoms in total. The van der Waals surface area contributed by atoms with Gasteiger partial charge in [0, 0.05) is 10.4 Å². The van der Waals surface area contributed by atoms with Crippen molar-refractivity contribution in [1.29, 1.82) is 0 Å². The van der Waals surface area contributed by atoms with Crippen LogP contribution in [-0.2, 0) is 5.54 Å². The van der Waals surface area contributed by atoms with Crippen molar-refractivity contribution in [2.75, 3.05) is 6.26 Å². The highest BCUT2D eigenvalue weighted by molar-refractivity contribution is 7.98. The quantitative estimate of drug-likeness (QED) is 0.788. The van der Waals surface area contributed by atoms with Gasteiger partial charge in [-0.1, -0.05) is 25.3 Å². The van der Waals surface area contributed by atoms with E-state index in [1.54, 1.807) is 11.8 Å². The van der Waals surface area contributed by atoms with E-state index < -0.39 is 0 Å². The molecule has 0 unspecified atom stereocenters. The summed E-state index contributed by atoms with van der Waals surface area (Å²) >= 11 is 1.80. The third kappa shape index (κ3) is 2.28. The van der Waals surface area contributed by atoms with Gasteiger partial charge in [0.15, 0.2) is 0 Å². The summed E-state index contributed by atoms with van der Waals surface area (Å²) in [5.74, 6) is 0. The van der Waals surface area contributed by atoms with E-state index in [2.05, 4.69) is 31.4 Å². The Bertz CT molecular complexity index is 367. The van der Waals surface area contributed by atoms with Crippen molar-refractivity contribution in [3.8, 4) is 0 Å². The van der Waals surface area contributed by atoms with Gasteiger partial charge in [-0.05, 0) is 49.3 Å². The molecule has 0 saturated heterocycles. The predicted molar refractivity (Wildman–Crippen MR) is 71.9 cm³/mol. The average Bonchev–Trinajstić information content (AvgIpc) is 2.29. The van der Waals surface area contributed by atoms with Crippen LogP contribution < -0.4 is 5.73 Å². The fourth-order valence-corrected chi connectivity index (χ4v) is 3.27. The van der Waals surface area contributed by atoms with E-state index >= 15 is 0 Å². The Morgan fingerprint density at radius 3 is 2.44 bits per heavy atom. The molecular weight excluding hydrogens is 214 g/mol. The Morgan fingerprint density at radius 1 is 1.19 bits per heavy atom. The number of hydrogen-bond acceptors (Lipinski definition) is 2. The summed E-state index contributed by atoms with van der Waals surface area (Å²) in [6.07, 6.45) is 8.31. The number of hydrogen-bond donors (Lipinski definition) is 1. The number of benzene rings is 1. The van der Waals surface area contributed by atoms with E-state index in [0.29, 0.717) is 0 Å². The SMILES string of the molecule is CSc1ccc(C2(N)CCCCC2)c(C)c1. The lowest BCUT2D eigenvalue weighted by Crippen LogP contribution is -2.39. The van der Waals surface area contributed by atoms with Gasteiger partial charge in [-0.2, -0.15) is 0 Å². The van der Waals surface area contributed by atoms with Crippen LogP contribution in [0.25, 0.3) is 0 Å². The topological polar surface area (TPSA) is 26.0 Å². The van der Waals surface area contributed by atoms with Gasteiger partial charge in [0.2, 0.25) is 0 Å². The van der Waals surface area contributed by atoms with E-state index in [1.807, 2.05) is 0 Å². The molecule has 0 aromatic heterocycles. The molecule has 0 heterocycles. The van der Waals surface area contributed by atoms with Gasteiger partial charge < -0.3 is 5.73 Å². The first-order valence-corrected chi connectivity index (χ1v) is 7.32. The first-order chi connectivity index (χ1) is 7.65. The van der Waals surface area contributed by atoms with Crippen LogP contribution in [0.15, 0.2) is 23.1 Å². The number of rotatable bonds is 2. The van der Waals surface area contributed by atoms with Crippen LogP contribution in [0.2, 0.25) is 0 Å². The molecule has 0 radical (unpaired) electrons. The van der Waals surface area contributed by atoms with Crippen molar-refractivity contribution in [1.82, 2.24) is 0 Å². The van der Waals surface area contributed by atoms with Gasteiger partial charge in [0.25, 0.3) is 0 Å². The molecule has 1 aliphatic carbocycles. The summed E-state index contributed by atoms with van der Waals surface area (Å²) in [6.45, 7) is 2.19. The molecule has 88 valence electrons. The van der Waals surface area contributed by atoms with Gasteiger partial charge in [0.1, 0.15) is 0 Å². The third-order valence-electron chi connectivity index (χ3n) is 3.72. The van der Waals surface area contributed by atoms with Crippen molar-refractivity contribution in [3.63, 3.8) is 0 Å². The fraction of sp³-hybridized carbons (Fsp3) is 0.571. The number of nitrogens with two attached hydrogens (primary N) is 1. The van der Waals surface area contributed by atoms with Crippen LogP contribution in [0.4, 0.5) is 0 Å². The molecule has 0 spiro atoms. The standard InChI is InChI=1S/C14H21NS/c1-11-10-12(16-2)6-7-13(11)14(15)8-4-3-5-9-14/h6-7,10H,3-5,8-9,15H2,1-2H3. The van der Waals surface area contributed by atoms with E-state index in [0.717, 1.165) is 12.8 Å². The first-order valence-electron chi connectivity index (χ1n) is 6.10. The Labute approximate surface area is 103 Å². The molecule has 2 rings (SSSR count). The zero-order chi connectivity index (χ0) is 11.6. The molecule has 2 N–H and O–H groups in total. The summed E-state index contributed by atoms with van der Waals surface area (Å²) in [5.41, 5.74) is 9.23. The van der Waals surface area contributed by atoms with Crippen LogP contribution in [-0.4, -0.2) is 6.26 Å². The number of thioether (sulfide) groups is 1. The highest BCUT2D eigenvalue weighted by atomic mass is 32.2. The second-order valence-electron chi connectivity index (χ2n) is 4.90. The molecule has 16 heavy (non-hydrogen) atoms. The third-order valence-corrected chi connectivity index (χ3v) is 4.44. The highest BCUT2D eigenvalue weighted by Gasteiger charge is 2.30. The smallest absolute Gasteiger partial charge is 0.0412 e. The van der Waals surface area contributed by atoms with Crippen molar-refractivity contribution < 1.29 is 0 Å². The minimum absolute atomic E-state index is 0.0563. The summed E-state index contributed by atoms with van der Waals surface area (Å²) in [5, 5.41) is 0. The summed E-state index contributed by atoms with van der Waals surface area (Å²) in [6, 6.07) is 6.71. The minimum Gasteiger partial charge on any atom is -0.321 e. The van der Waals surface area contributed by atoms with E-state index in [4.69, 9.17) is 5.73 Å². The second-order valence-corrected chi connectivity index (χ2v) is 5.78. The van der Waals surface area contributed by atoms with Crippen molar-refractivity contribution in [2.45, 2.75) is 49.5 Å². The van der Waals surface area contributed by atoms with Crippen LogP contribution in [0.5, 0.6) is 0 Å². The van der Waals surface area contributed by atoms with E-state index in [1.165, 1.54) is 35.3 Å². The average molecular weight is 235 g/mol. The fourth-order valence-electron chi connectivity index (χ4n) is 2.77. The molecule has 0 atom stereocenters. The van der Waals surface area contributed by atoms with Gasteiger partial charge in [-0.3, -0.25) is 0 Å². The Morgan fingerprint density at radius 2 is 1.88 bits per heavy atom. The van der Waals surface area contributed by atoms with Gasteiger partial charge in [0.05, 0.1) is 0 Å². The Hall–Kier alpha value is -0.470. The second kappa shape index (κ2) is 4.80. The van der Waals surface area contributed by atoms with Gasteiger partial charge in [-0.15, -0.1) is 11.8 Å². The van der Waals surface area contributed by atoms with Crippen molar-refractivity contribution in [2.24, 2.45) is 5.73 Å². The lowest BCUT2D eigenvalue weighted by molar-refractivity contribution is 0.301. The molecule has 0 bridgehead atoms. The number of aryl methyl sites for hydroxylation is 1. The highest BCUT2D eigenvalue weighted by Crippen LogP contribution is 2.37. The molecule has 1 fully saturated rings. The van der Waals surface area contributed by atoms with Crippen molar-refractivity contribution >= 4 is 11.8 Å². The predicted octanol–water partition coefficient (Wildman–Crippen LogP) is 3.84. The Kier molecular flexibility index (Phi) is 3.60. The summed E-state index contributed by atoms with van der Waals surface area (Å²) in [7, 11) is 0. The van der Waals surface area contributed by atoms with Crippen LogP contribution in [0, 0.1) is 6.92 Å². The van der Waals surface area contributed by atoms with Crippen LogP contribution >= 0.6 is 11.8 Å². The molecule has 1 saturated carbocycles. The normalized spacial score (nSPS) is 19.7. The van der Waals surface area contributed by atoms with Crippen LogP contribution in [0.1, 0.15) is 43.2 Å². The maximum absolute atomic E-state index is 6.57. The molecule has 0 aliphatic heterocycles. The minimum atomic E-state index is -0.0563.